The maximum Gasteiger partial charge on any atom is 0.253 e. The van der Waals surface area contributed by atoms with E-state index >= 15 is 0 Å². The third kappa shape index (κ3) is 4.35. The summed E-state index contributed by atoms with van der Waals surface area (Å²) in [6, 6.07) is 17.9. The lowest BCUT2D eigenvalue weighted by molar-refractivity contribution is -0.131. The number of benzene rings is 2. The van der Waals surface area contributed by atoms with E-state index < -0.39 is 17.6 Å². The first-order chi connectivity index (χ1) is 13.9. The van der Waals surface area contributed by atoms with Crippen LogP contribution in [0.5, 0.6) is 0 Å². The predicted molar refractivity (Wildman–Crippen MR) is 108 cm³/mol. The van der Waals surface area contributed by atoms with Gasteiger partial charge in [-0.25, -0.2) is 0 Å². The fraction of sp³-hybridized carbons (Fsp3) is 0.304. The molecule has 2 amide bonds. The topological polar surface area (TPSA) is 81.5 Å². The molecule has 0 saturated carbocycles. The summed E-state index contributed by atoms with van der Waals surface area (Å²) in [5.41, 5.74) is 1.85. The minimum atomic E-state index is -1.38. The summed E-state index contributed by atoms with van der Waals surface area (Å²) in [6.45, 7) is 1.03. The third-order valence-corrected chi connectivity index (χ3v) is 5.23. The van der Waals surface area contributed by atoms with Crippen molar-refractivity contribution in [3.05, 3.63) is 71.3 Å². The van der Waals surface area contributed by atoms with Crippen LogP contribution in [-0.4, -0.2) is 54.6 Å². The molecule has 0 bridgehead atoms. The van der Waals surface area contributed by atoms with E-state index in [1.807, 2.05) is 36.4 Å². The molecule has 0 N–H and O–H groups in total. The van der Waals surface area contributed by atoms with Crippen LogP contribution in [0.15, 0.2) is 54.6 Å². The molecule has 2 unspecified atom stereocenters. The van der Waals surface area contributed by atoms with Gasteiger partial charge in [-0.05, 0) is 24.1 Å². The first-order valence-corrected chi connectivity index (χ1v) is 9.51. The van der Waals surface area contributed by atoms with Crippen LogP contribution in [-0.2, 0) is 4.79 Å². The molecule has 0 aromatic heterocycles. The molecular weight excluding hydrogens is 366 g/mol. The van der Waals surface area contributed by atoms with Crippen LogP contribution in [0.2, 0.25) is 0 Å². The van der Waals surface area contributed by atoms with Gasteiger partial charge in [0.15, 0.2) is 11.7 Å². The molecule has 0 spiro atoms. The van der Waals surface area contributed by atoms with Crippen LogP contribution in [0, 0.1) is 17.2 Å². The van der Waals surface area contributed by atoms with Gasteiger partial charge in [0.2, 0.25) is 5.91 Å². The number of likely N-dealkylation sites (tertiary alicyclic amines) is 1. The van der Waals surface area contributed by atoms with Crippen LogP contribution in [0.4, 0.5) is 0 Å². The normalized spacial score (nSPS) is 16.7. The molecule has 2 aromatic carbocycles. The number of carbonyl (C=O) groups is 3. The molecule has 6 heteroatoms. The van der Waals surface area contributed by atoms with E-state index in [2.05, 4.69) is 0 Å². The summed E-state index contributed by atoms with van der Waals surface area (Å²) < 4.78 is 0. The molecule has 6 nitrogen and oxygen atoms in total. The quantitative estimate of drug-likeness (QED) is 0.582. The summed E-state index contributed by atoms with van der Waals surface area (Å²) in [5.74, 6) is -2.33. The molecule has 1 aliphatic rings. The monoisotopic (exact) mass is 389 g/mol. The number of hydrogen-bond donors (Lipinski definition) is 0. The van der Waals surface area contributed by atoms with Crippen molar-refractivity contribution >= 4 is 17.6 Å². The van der Waals surface area contributed by atoms with Gasteiger partial charge in [-0.1, -0.05) is 42.5 Å². The van der Waals surface area contributed by atoms with E-state index in [0.717, 1.165) is 12.0 Å². The van der Waals surface area contributed by atoms with Crippen LogP contribution in [0.25, 0.3) is 0 Å². The highest BCUT2D eigenvalue weighted by atomic mass is 16.2. The van der Waals surface area contributed by atoms with E-state index in [-0.39, 0.29) is 17.4 Å². The summed E-state index contributed by atoms with van der Waals surface area (Å²) >= 11 is 0. The Labute approximate surface area is 170 Å². The molecule has 1 saturated heterocycles. The number of nitrogens with zero attached hydrogens (tertiary/aromatic N) is 3. The second-order valence-corrected chi connectivity index (χ2v) is 7.38. The van der Waals surface area contributed by atoms with Gasteiger partial charge in [-0.3, -0.25) is 14.4 Å². The third-order valence-electron chi connectivity index (χ3n) is 5.23. The molecule has 1 aliphatic heterocycles. The predicted octanol–water partition coefficient (Wildman–Crippen LogP) is 2.73. The minimum absolute atomic E-state index is 0.180. The van der Waals surface area contributed by atoms with Crippen molar-refractivity contribution in [2.24, 2.45) is 5.92 Å². The Morgan fingerprint density at radius 3 is 2.24 bits per heavy atom. The highest BCUT2D eigenvalue weighted by Gasteiger charge is 2.35. The number of hydrogen-bond acceptors (Lipinski definition) is 4. The van der Waals surface area contributed by atoms with E-state index in [0.29, 0.717) is 18.7 Å². The number of Topliss-reactive ketones (excluding diaryl/α,β-unsaturated/α-hetero) is 1. The minimum Gasteiger partial charge on any atom is -0.345 e. The van der Waals surface area contributed by atoms with Crippen LogP contribution in [0.3, 0.4) is 0 Å². The lowest BCUT2D eigenvalue weighted by Crippen LogP contribution is -2.37. The van der Waals surface area contributed by atoms with Gasteiger partial charge in [0.05, 0.1) is 6.07 Å². The van der Waals surface area contributed by atoms with Gasteiger partial charge < -0.3 is 9.80 Å². The molecule has 148 valence electrons. The standard InChI is InChI=1S/C23H23N3O3/c1-25(2)22(28)18-10-8-17(9-11-18)21(27)20(14-24)23(29)26-13-12-19(15-26)16-6-4-3-5-7-16/h3-11,19-20H,12-13,15H2,1-2H3. The smallest absolute Gasteiger partial charge is 0.253 e. The van der Waals surface area contributed by atoms with Crippen LogP contribution >= 0.6 is 0 Å². The Morgan fingerprint density at radius 1 is 1.03 bits per heavy atom. The molecule has 2 atom stereocenters. The Balaban J connectivity index is 1.70. The molecule has 2 aromatic rings. The van der Waals surface area contributed by atoms with Gasteiger partial charge >= 0.3 is 0 Å². The van der Waals surface area contributed by atoms with Crippen LogP contribution in [0.1, 0.15) is 38.6 Å². The zero-order chi connectivity index (χ0) is 21.0. The van der Waals surface area contributed by atoms with Crippen molar-refractivity contribution in [1.82, 2.24) is 9.80 Å². The summed E-state index contributed by atoms with van der Waals surface area (Å²) in [7, 11) is 3.29. The molecule has 0 aliphatic carbocycles. The van der Waals surface area contributed by atoms with Crippen molar-refractivity contribution < 1.29 is 14.4 Å². The molecule has 3 rings (SSSR count). The molecule has 0 radical (unpaired) electrons. The zero-order valence-corrected chi connectivity index (χ0v) is 16.5. The van der Waals surface area contributed by atoms with Crippen molar-refractivity contribution in [1.29, 1.82) is 5.26 Å². The van der Waals surface area contributed by atoms with Gasteiger partial charge in [0.25, 0.3) is 5.91 Å². The number of nitriles is 1. The zero-order valence-electron chi connectivity index (χ0n) is 16.5. The second-order valence-electron chi connectivity index (χ2n) is 7.38. The van der Waals surface area contributed by atoms with E-state index in [1.54, 1.807) is 19.0 Å². The van der Waals surface area contributed by atoms with Gasteiger partial charge in [-0.2, -0.15) is 5.26 Å². The molecule has 1 fully saturated rings. The molecule has 29 heavy (non-hydrogen) atoms. The van der Waals surface area contributed by atoms with Gasteiger partial charge in [-0.15, -0.1) is 0 Å². The SMILES string of the molecule is CN(C)C(=O)c1ccc(C(=O)C(C#N)C(=O)N2CCC(c3ccccc3)C2)cc1. The Bertz CT molecular complexity index is 946. The average molecular weight is 389 g/mol. The number of ketones is 1. The first kappa shape index (κ1) is 20.3. The summed E-state index contributed by atoms with van der Waals surface area (Å²) in [6.07, 6.45) is 0.809. The summed E-state index contributed by atoms with van der Waals surface area (Å²) in [4.78, 5) is 40.6. The van der Waals surface area contributed by atoms with Gasteiger partial charge in [0, 0.05) is 44.2 Å². The van der Waals surface area contributed by atoms with Crippen molar-refractivity contribution in [3.63, 3.8) is 0 Å². The fourth-order valence-corrected chi connectivity index (χ4v) is 3.57. The maximum atomic E-state index is 12.9. The number of amides is 2. The second kappa shape index (κ2) is 8.70. The number of carbonyl (C=O) groups excluding carboxylic acids is 3. The Morgan fingerprint density at radius 2 is 1.66 bits per heavy atom. The van der Waals surface area contributed by atoms with E-state index in [1.165, 1.54) is 29.2 Å². The van der Waals surface area contributed by atoms with Crippen molar-refractivity contribution in [2.75, 3.05) is 27.2 Å². The molecular formula is C23H23N3O3. The first-order valence-electron chi connectivity index (χ1n) is 9.51. The van der Waals surface area contributed by atoms with Crippen molar-refractivity contribution in [3.8, 4) is 6.07 Å². The highest BCUT2D eigenvalue weighted by Crippen LogP contribution is 2.28. The maximum absolute atomic E-state index is 12.9. The van der Waals surface area contributed by atoms with E-state index in [4.69, 9.17) is 0 Å². The number of rotatable bonds is 5. The average Bonchev–Trinajstić information content (AvgIpc) is 3.24. The molecule has 1 heterocycles. The Hall–Kier alpha value is -3.46. The largest absolute Gasteiger partial charge is 0.345 e. The summed E-state index contributed by atoms with van der Waals surface area (Å²) in [5, 5.41) is 9.51. The van der Waals surface area contributed by atoms with Gasteiger partial charge in [0.1, 0.15) is 0 Å². The fourth-order valence-electron chi connectivity index (χ4n) is 3.57. The lowest BCUT2D eigenvalue weighted by Gasteiger charge is -2.19. The Kier molecular flexibility index (Phi) is 6.08. The van der Waals surface area contributed by atoms with Crippen molar-refractivity contribution in [2.45, 2.75) is 12.3 Å². The highest BCUT2D eigenvalue weighted by molar-refractivity contribution is 6.12. The van der Waals surface area contributed by atoms with Crippen LogP contribution < -0.4 is 0 Å². The lowest BCUT2D eigenvalue weighted by atomic mass is 9.96. The van der Waals surface area contributed by atoms with E-state index in [9.17, 15) is 19.6 Å².